The first-order valence-electron chi connectivity index (χ1n) is 5.93. The van der Waals surface area contributed by atoms with Crippen LogP contribution in [0.15, 0.2) is 54.7 Å². The first-order valence-corrected chi connectivity index (χ1v) is 5.93. The van der Waals surface area contributed by atoms with Gasteiger partial charge in [-0.2, -0.15) is 5.10 Å². The molecule has 3 rings (SSSR count). The zero-order valence-corrected chi connectivity index (χ0v) is 10.0. The number of aromatic nitrogens is 2. The van der Waals surface area contributed by atoms with Gasteiger partial charge < -0.3 is 0 Å². The molecule has 18 heavy (non-hydrogen) atoms. The molecule has 0 saturated carbocycles. The average Bonchev–Trinajstić information content (AvgIpc) is 2.82. The fraction of sp³-hybridized carbons (Fsp3) is 0.133. The van der Waals surface area contributed by atoms with Crippen molar-refractivity contribution in [3.8, 4) is 0 Å². The number of rotatable bonds is 2. The van der Waals surface area contributed by atoms with Crippen LogP contribution in [0.4, 0.5) is 4.39 Å². The monoisotopic (exact) mass is 240 g/mol. The Morgan fingerprint density at radius 2 is 1.78 bits per heavy atom. The summed E-state index contributed by atoms with van der Waals surface area (Å²) < 4.78 is 14.8. The van der Waals surface area contributed by atoms with Crippen LogP contribution in [0.3, 0.4) is 0 Å². The number of halogens is 1. The van der Waals surface area contributed by atoms with Gasteiger partial charge in [0.1, 0.15) is 5.82 Å². The summed E-state index contributed by atoms with van der Waals surface area (Å²) in [6.45, 7) is 2.05. The summed E-state index contributed by atoms with van der Waals surface area (Å²) in [4.78, 5) is 0. The van der Waals surface area contributed by atoms with Crippen LogP contribution >= 0.6 is 0 Å². The van der Waals surface area contributed by atoms with Crippen molar-refractivity contribution in [1.82, 2.24) is 9.78 Å². The van der Waals surface area contributed by atoms with Crippen molar-refractivity contribution in [3.63, 3.8) is 0 Å². The van der Waals surface area contributed by atoms with Gasteiger partial charge in [0.15, 0.2) is 0 Å². The Hall–Kier alpha value is -2.16. The standard InChI is InChI=1S/C15H13FN2/c1-11(12-6-8-14(16)9-7-12)18-10-13-4-2-3-5-15(13)17-18/h2-11H,1H3. The van der Waals surface area contributed by atoms with Gasteiger partial charge in [-0.25, -0.2) is 4.39 Å². The molecule has 0 aliphatic heterocycles. The van der Waals surface area contributed by atoms with Crippen molar-refractivity contribution in [1.29, 1.82) is 0 Å². The normalized spacial score (nSPS) is 12.8. The highest BCUT2D eigenvalue weighted by Crippen LogP contribution is 2.20. The van der Waals surface area contributed by atoms with Crippen molar-refractivity contribution in [2.75, 3.05) is 0 Å². The molecule has 1 heterocycles. The van der Waals surface area contributed by atoms with Crippen LogP contribution in [-0.2, 0) is 0 Å². The maximum Gasteiger partial charge on any atom is 0.123 e. The predicted octanol–water partition coefficient (Wildman–Crippen LogP) is 3.78. The summed E-state index contributed by atoms with van der Waals surface area (Å²) in [5, 5.41) is 5.65. The molecule has 1 atom stereocenters. The Bertz CT molecular complexity index is 637. The molecule has 2 nitrogen and oxygen atoms in total. The molecule has 3 aromatic rings. The zero-order valence-electron chi connectivity index (χ0n) is 10.0. The number of hydrogen-bond donors (Lipinski definition) is 0. The van der Waals surface area contributed by atoms with Gasteiger partial charge in [-0.3, -0.25) is 4.68 Å². The van der Waals surface area contributed by atoms with E-state index in [4.69, 9.17) is 0 Å². The topological polar surface area (TPSA) is 17.8 Å². The van der Waals surface area contributed by atoms with E-state index >= 15 is 0 Å². The second kappa shape index (κ2) is 4.26. The number of hydrogen-bond acceptors (Lipinski definition) is 1. The van der Waals surface area contributed by atoms with Crippen LogP contribution in [0.25, 0.3) is 10.9 Å². The zero-order chi connectivity index (χ0) is 12.5. The lowest BCUT2D eigenvalue weighted by Crippen LogP contribution is -2.06. The lowest BCUT2D eigenvalue weighted by molar-refractivity contribution is 0.566. The van der Waals surface area contributed by atoms with Gasteiger partial charge in [0, 0.05) is 11.6 Å². The summed E-state index contributed by atoms with van der Waals surface area (Å²) in [6.07, 6.45) is 2.02. The van der Waals surface area contributed by atoms with Crippen molar-refractivity contribution >= 4 is 10.9 Å². The molecule has 0 N–H and O–H groups in total. The molecule has 0 aliphatic rings. The van der Waals surface area contributed by atoms with E-state index in [1.165, 1.54) is 12.1 Å². The Morgan fingerprint density at radius 3 is 2.50 bits per heavy atom. The lowest BCUT2D eigenvalue weighted by atomic mass is 10.1. The smallest absolute Gasteiger partial charge is 0.123 e. The van der Waals surface area contributed by atoms with E-state index in [2.05, 4.69) is 12.0 Å². The van der Waals surface area contributed by atoms with Gasteiger partial charge in [0.05, 0.1) is 11.6 Å². The molecule has 0 fully saturated rings. The maximum atomic E-state index is 12.9. The minimum absolute atomic E-state index is 0.0954. The number of fused-ring (bicyclic) bond motifs is 1. The summed E-state index contributed by atoms with van der Waals surface area (Å²) in [7, 11) is 0. The molecule has 1 aromatic heterocycles. The highest BCUT2D eigenvalue weighted by molar-refractivity contribution is 5.77. The molecule has 0 spiro atoms. The fourth-order valence-electron chi connectivity index (χ4n) is 2.08. The van der Waals surface area contributed by atoms with E-state index < -0.39 is 0 Å². The largest absolute Gasteiger partial charge is 0.264 e. The molecule has 0 amide bonds. The summed E-state index contributed by atoms with van der Waals surface area (Å²) >= 11 is 0. The summed E-state index contributed by atoms with van der Waals surface area (Å²) in [5.74, 6) is -0.212. The van der Waals surface area contributed by atoms with E-state index in [1.54, 1.807) is 12.1 Å². The van der Waals surface area contributed by atoms with Crippen LogP contribution in [0.1, 0.15) is 18.5 Å². The Balaban J connectivity index is 2.00. The van der Waals surface area contributed by atoms with Crippen molar-refractivity contribution < 1.29 is 4.39 Å². The van der Waals surface area contributed by atoms with Crippen LogP contribution in [0, 0.1) is 5.82 Å². The molecule has 1 unspecified atom stereocenters. The lowest BCUT2D eigenvalue weighted by Gasteiger charge is -2.12. The van der Waals surface area contributed by atoms with Gasteiger partial charge in [0.2, 0.25) is 0 Å². The van der Waals surface area contributed by atoms with E-state index in [-0.39, 0.29) is 11.9 Å². The highest BCUT2D eigenvalue weighted by Gasteiger charge is 2.09. The first-order chi connectivity index (χ1) is 8.74. The van der Waals surface area contributed by atoms with Gasteiger partial charge in [-0.15, -0.1) is 0 Å². The van der Waals surface area contributed by atoms with Gasteiger partial charge in [-0.05, 0) is 30.7 Å². The fourth-order valence-corrected chi connectivity index (χ4v) is 2.08. The van der Waals surface area contributed by atoms with E-state index in [0.717, 1.165) is 16.5 Å². The van der Waals surface area contributed by atoms with Crippen LogP contribution in [0.2, 0.25) is 0 Å². The van der Waals surface area contributed by atoms with Crippen molar-refractivity contribution in [2.24, 2.45) is 0 Å². The van der Waals surface area contributed by atoms with Crippen molar-refractivity contribution in [2.45, 2.75) is 13.0 Å². The second-order valence-electron chi connectivity index (χ2n) is 4.40. The highest BCUT2D eigenvalue weighted by atomic mass is 19.1. The molecule has 2 aromatic carbocycles. The van der Waals surface area contributed by atoms with E-state index in [0.29, 0.717) is 0 Å². The quantitative estimate of drug-likeness (QED) is 0.666. The molecule has 0 bridgehead atoms. The van der Waals surface area contributed by atoms with E-state index in [1.807, 2.05) is 35.1 Å². The van der Waals surface area contributed by atoms with Gasteiger partial charge >= 0.3 is 0 Å². The summed E-state index contributed by atoms with van der Waals surface area (Å²) in [5.41, 5.74) is 2.02. The molecular formula is C15H13FN2. The second-order valence-corrected chi connectivity index (χ2v) is 4.40. The van der Waals surface area contributed by atoms with Crippen molar-refractivity contribution in [3.05, 3.63) is 66.1 Å². The Kier molecular flexibility index (Phi) is 2.59. The Labute approximate surface area is 105 Å². The minimum atomic E-state index is -0.212. The van der Waals surface area contributed by atoms with Crippen LogP contribution < -0.4 is 0 Å². The van der Waals surface area contributed by atoms with Crippen LogP contribution in [0.5, 0.6) is 0 Å². The molecule has 90 valence electrons. The SMILES string of the molecule is CC(c1ccc(F)cc1)n1cc2ccccc2n1. The Morgan fingerprint density at radius 1 is 1.06 bits per heavy atom. The average molecular weight is 240 g/mol. The number of nitrogens with zero attached hydrogens (tertiary/aromatic N) is 2. The molecule has 0 radical (unpaired) electrons. The first kappa shape index (κ1) is 11.0. The molecule has 3 heteroatoms. The third kappa shape index (κ3) is 1.88. The molecule has 0 saturated heterocycles. The summed E-state index contributed by atoms with van der Waals surface area (Å²) in [6, 6.07) is 14.7. The van der Waals surface area contributed by atoms with Gasteiger partial charge in [-0.1, -0.05) is 30.3 Å². The minimum Gasteiger partial charge on any atom is -0.264 e. The predicted molar refractivity (Wildman–Crippen MR) is 69.9 cm³/mol. The third-order valence-corrected chi connectivity index (χ3v) is 3.18. The van der Waals surface area contributed by atoms with E-state index in [9.17, 15) is 4.39 Å². The van der Waals surface area contributed by atoms with Gasteiger partial charge in [0.25, 0.3) is 0 Å². The van der Waals surface area contributed by atoms with Crippen LogP contribution in [-0.4, -0.2) is 9.78 Å². The maximum absolute atomic E-state index is 12.9. The number of benzene rings is 2. The third-order valence-electron chi connectivity index (χ3n) is 3.18. The molecular weight excluding hydrogens is 227 g/mol. The molecule has 0 aliphatic carbocycles.